The first-order valence-corrected chi connectivity index (χ1v) is 7.33. The van der Waals surface area contributed by atoms with E-state index in [2.05, 4.69) is 31.3 Å². The van der Waals surface area contributed by atoms with Crippen molar-refractivity contribution in [1.82, 2.24) is 0 Å². The molecule has 0 unspecified atom stereocenters. The molecule has 0 saturated carbocycles. The van der Waals surface area contributed by atoms with Gasteiger partial charge in [-0.05, 0) is 54.8 Å². The SMILES string of the molecule is CCCOc1cccc(CNc2ccc(OC)cc2C)c1. The zero-order chi connectivity index (χ0) is 15.1. The molecule has 0 atom stereocenters. The lowest BCUT2D eigenvalue weighted by Crippen LogP contribution is -2.02. The first kappa shape index (κ1) is 15.2. The van der Waals surface area contributed by atoms with Gasteiger partial charge >= 0.3 is 0 Å². The van der Waals surface area contributed by atoms with Gasteiger partial charge < -0.3 is 14.8 Å². The number of hydrogen-bond acceptors (Lipinski definition) is 3. The van der Waals surface area contributed by atoms with Gasteiger partial charge in [0.1, 0.15) is 11.5 Å². The highest BCUT2D eigenvalue weighted by atomic mass is 16.5. The molecule has 0 amide bonds. The molecule has 0 aliphatic heterocycles. The fourth-order valence-corrected chi connectivity index (χ4v) is 2.12. The van der Waals surface area contributed by atoms with E-state index in [0.717, 1.165) is 36.8 Å². The van der Waals surface area contributed by atoms with Crippen LogP contribution in [0.4, 0.5) is 5.69 Å². The molecule has 2 aromatic carbocycles. The third-order valence-corrected chi connectivity index (χ3v) is 3.29. The molecule has 3 heteroatoms. The van der Waals surface area contributed by atoms with Crippen LogP contribution < -0.4 is 14.8 Å². The van der Waals surface area contributed by atoms with Crippen molar-refractivity contribution in [1.29, 1.82) is 0 Å². The van der Waals surface area contributed by atoms with Crippen molar-refractivity contribution in [3.63, 3.8) is 0 Å². The number of aryl methyl sites for hydroxylation is 1. The second-order valence-corrected chi connectivity index (χ2v) is 5.03. The number of methoxy groups -OCH3 is 1. The second-order valence-electron chi connectivity index (χ2n) is 5.03. The number of anilines is 1. The van der Waals surface area contributed by atoms with Crippen molar-refractivity contribution in [3.8, 4) is 11.5 Å². The van der Waals surface area contributed by atoms with Crippen LogP contribution in [0.1, 0.15) is 24.5 Å². The Morgan fingerprint density at radius 3 is 2.62 bits per heavy atom. The summed E-state index contributed by atoms with van der Waals surface area (Å²) in [7, 11) is 1.68. The molecular weight excluding hydrogens is 262 g/mol. The van der Waals surface area contributed by atoms with Gasteiger partial charge in [0.25, 0.3) is 0 Å². The van der Waals surface area contributed by atoms with Crippen molar-refractivity contribution in [3.05, 3.63) is 53.6 Å². The largest absolute Gasteiger partial charge is 0.497 e. The Bertz CT molecular complexity index is 581. The summed E-state index contributed by atoms with van der Waals surface area (Å²) < 4.78 is 10.9. The van der Waals surface area contributed by atoms with E-state index in [0.29, 0.717) is 0 Å². The van der Waals surface area contributed by atoms with E-state index in [9.17, 15) is 0 Å². The molecule has 0 saturated heterocycles. The van der Waals surface area contributed by atoms with Crippen LogP contribution in [0, 0.1) is 6.92 Å². The molecule has 0 aliphatic carbocycles. The monoisotopic (exact) mass is 285 g/mol. The Kier molecular flexibility index (Phi) is 5.50. The van der Waals surface area contributed by atoms with Gasteiger partial charge in [-0.2, -0.15) is 0 Å². The Balaban J connectivity index is 1.99. The molecule has 0 radical (unpaired) electrons. The Morgan fingerprint density at radius 2 is 1.90 bits per heavy atom. The van der Waals surface area contributed by atoms with E-state index in [4.69, 9.17) is 9.47 Å². The molecule has 2 rings (SSSR count). The molecule has 0 bridgehead atoms. The van der Waals surface area contributed by atoms with Gasteiger partial charge in [-0.15, -0.1) is 0 Å². The molecule has 112 valence electrons. The van der Waals surface area contributed by atoms with Crippen molar-refractivity contribution < 1.29 is 9.47 Å². The highest BCUT2D eigenvalue weighted by Gasteiger charge is 2.01. The van der Waals surface area contributed by atoms with Crippen molar-refractivity contribution in [2.45, 2.75) is 26.8 Å². The van der Waals surface area contributed by atoms with Gasteiger partial charge in [0.15, 0.2) is 0 Å². The first-order chi connectivity index (χ1) is 10.2. The predicted molar refractivity (Wildman–Crippen MR) is 87.3 cm³/mol. The Morgan fingerprint density at radius 1 is 1.05 bits per heavy atom. The Hall–Kier alpha value is -2.16. The molecule has 3 nitrogen and oxygen atoms in total. The number of nitrogens with one attached hydrogen (secondary N) is 1. The smallest absolute Gasteiger partial charge is 0.119 e. The van der Waals surface area contributed by atoms with Crippen LogP contribution in [0.2, 0.25) is 0 Å². The van der Waals surface area contributed by atoms with E-state index in [-0.39, 0.29) is 0 Å². The molecule has 0 aromatic heterocycles. The fourth-order valence-electron chi connectivity index (χ4n) is 2.12. The minimum absolute atomic E-state index is 0.758. The van der Waals surface area contributed by atoms with Crippen LogP contribution in [0.15, 0.2) is 42.5 Å². The van der Waals surface area contributed by atoms with Gasteiger partial charge in [-0.1, -0.05) is 19.1 Å². The summed E-state index contributed by atoms with van der Waals surface area (Å²) in [6, 6.07) is 14.3. The lowest BCUT2D eigenvalue weighted by Gasteiger charge is -2.12. The zero-order valence-electron chi connectivity index (χ0n) is 13.0. The van der Waals surface area contributed by atoms with Gasteiger partial charge in [-0.25, -0.2) is 0 Å². The summed E-state index contributed by atoms with van der Waals surface area (Å²) in [6.07, 6.45) is 1.02. The fraction of sp³-hybridized carbons (Fsp3) is 0.333. The molecular formula is C18H23NO2. The summed E-state index contributed by atoms with van der Waals surface area (Å²) in [5.74, 6) is 1.82. The van der Waals surface area contributed by atoms with Crippen LogP contribution in [0.25, 0.3) is 0 Å². The quantitative estimate of drug-likeness (QED) is 0.817. The highest BCUT2D eigenvalue weighted by Crippen LogP contribution is 2.22. The van der Waals surface area contributed by atoms with Gasteiger partial charge in [0.2, 0.25) is 0 Å². The molecule has 1 N–H and O–H groups in total. The van der Waals surface area contributed by atoms with E-state index in [1.54, 1.807) is 7.11 Å². The molecule has 0 spiro atoms. The first-order valence-electron chi connectivity index (χ1n) is 7.33. The second kappa shape index (κ2) is 7.58. The minimum atomic E-state index is 0.758. The molecule has 0 fully saturated rings. The summed E-state index contributed by atoms with van der Waals surface area (Å²) >= 11 is 0. The number of benzene rings is 2. The minimum Gasteiger partial charge on any atom is -0.497 e. The topological polar surface area (TPSA) is 30.5 Å². The van der Waals surface area contributed by atoms with E-state index in [1.165, 1.54) is 11.1 Å². The third-order valence-electron chi connectivity index (χ3n) is 3.29. The predicted octanol–water partition coefficient (Wildman–Crippen LogP) is 4.40. The van der Waals surface area contributed by atoms with E-state index in [1.807, 2.05) is 30.3 Å². The standard InChI is InChI=1S/C18H23NO2/c1-4-10-21-17-7-5-6-15(12-17)13-19-18-9-8-16(20-3)11-14(18)2/h5-9,11-12,19H,4,10,13H2,1-3H3. The van der Waals surface area contributed by atoms with Crippen LogP contribution in [0.5, 0.6) is 11.5 Å². The van der Waals surface area contributed by atoms with Gasteiger partial charge in [-0.3, -0.25) is 0 Å². The van der Waals surface area contributed by atoms with Crippen LogP contribution in [-0.4, -0.2) is 13.7 Å². The molecule has 0 heterocycles. The van der Waals surface area contributed by atoms with E-state index < -0.39 is 0 Å². The Labute approximate surface area is 126 Å². The number of hydrogen-bond donors (Lipinski definition) is 1. The molecule has 2 aromatic rings. The molecule has 0 aliphatic rings. The lowest BCUT2D eigenvalue weighted by molar-refractivity contribution is 0.317. The van der Waals surface area contributed by atoms with Crippen molar-refractivity contribution in [2.75, 3.05) is 19.0 Å². The van der Waals surface area contributed by atoms with Crippen LogP contribution in [0.3, 0.4) is 0 Å². The van der Waals surface area contributed by atoms with Crippen LogP contribution in [-0.2, 0) is 6.54 Å². The maximum Gasteiger partial charge on any atom is 0.119 e. The molecule has 21 heavy (non-hydrogen) atoms. The van der Waals surface area contributed by atoms with Gasteiger partial charge in [0.05, 0.1) is 13.7 Å². The average Bonchev–Trinajstić information content (AvgIpc) is 2.52. The highest BCUT2D eigenvalue weighted by molar-refractivity contribution is 5.54. The summed E-state index contributed by atoms with van der Waals surface area (Å²) in [5, 5.41) is 3.45. The van der Waals surface area contributed by atoms with Crippen LogP contribution >= 0.6 is 0 Å². The summed E-state index contributed by atoms with van der Waals surface area (Å²) in [6.45, 7) is 5.72. The maximum atomic E-state index is 5.66. The van der Waals surface area contributed by atoms with E-state index >= 15 is 0 Å². The lowest BCUT2D eigenvalue weighted by atomic mass is 10.1. The summed E-state index contributed by atoms with van der Waals surface area (Å²) in [5.41, 5.74) is 3.50. The van der Waals surface area contributed by atoms with Crippen molar-refractivity contribution in [2.24, 2.45) is 0 Å². The normalized spacial score (nSPS) is 10.2. The average molecular weight is 285 g/mol. The van der Waals surface area contributed by atoms with Gasteiger partial charge in [0, 0.05) is 12.2 Å². The maximum absolute atomic E-state index is 5.66. The number of rotatable bonds is 7. The number of ether oxygens (including phenoxy) is 2. The van der Waals surface area contributed by atoms with Crippen molar-refractivity contribution >= 4 is 5.69 Å². The zero-order valence-corrected chi connectivity index (χ0v) is 13.0. The summed E-state index contributed by atoms with van der Waals surface area (Å²) in [4.78, 5) is 0. The third kappa shape index (κ3) is 4.42.